The number of pyridine rings is 2. The first-order valence-electron chi connectivity index (χ1n) is 11.0. The van der Waals surface area contributed by atoms with E-state index < -0.39 is 0 Å². The summed E-state index contributed by atoms with van der Waals surface area (Å²) in [5, 5.41) is 5.93. The zero-order valence-corrected chi connectivity index (χ0v) is 17.8. The molecule has 6 aromatic rings. The van der Waals surface area contributed by atoms with Crippen LogP contribution in [0.2, 0.25) is 0 Å². The van der Waals surface area contributed by atoms with Crippen molar-refractivity contribution in [2.45, 2.75) is 26.7 Å². The summed E-state index contributed by atoms with van der Waals surface area (Å²) >= 11 is 0. The van der Waals surface area contributed by atoms with Gasteiger partial charge in [0.25, 0.3) is 0 Å². The summed E-state index contributed by atoms with van der Waals surface area (Å²) in [6, 6.07) is 23.7. The molecule has 0 radical (unpaired) electrons. The van der Waals surface area contributed by atoms with E-state index in [-0.39, 0.29) is 0 Å². The molecule has 3 aromatic heterocycles. The van der Waals surface area contributed by atoms with E-state index in [9.17, 15) is 0 Å². The highest BCUT2D eigenvalue weighted by atomic mass is 15.1. The van der Waals surface area contributed by atoms with Crippen LogP contribution in [0.15, 0.2) is 79.1 Å². The molecule has 0 saturated heterocycles. The zero-order valence-electron chi connectivity index (χ0n) is 17.8. The Morgan fingerprint density at radius 2 is 1.29 bits per heavy atom. The van der Waals surface area contributed by atoms with Gasteiger partial charge in [0.15, 0.2) is 0 Å². The zero-order chi connectivity index (χ0) is 20.9. The Bertz CT molecular complexity index is 1590. The van der Waals surface area contributed by atoms with Crippen molar-refractivity contribution in [3.63, 3.8) is 0 Å². The Labute approximate surface area is 181 Å². The summed E-state index contributed by atoms with van der Waals surface area (Å²) in [5.41, 5.74) is 7.06. The van der Waals surface area contributed by atoms with Crippen molar-refractivity contribution >= 4 is 38.2 Å². The third kappa shape index (κ3) is 2.53. The summed E-state index contributed by atoms with van der Waals surface area (Å²) in [4.78, 5) is 9.91. The first-order chi connectivity index (χ1) is 15.3. The smallest absolute Gasteiger partial charge is 0.147 e. The van der Waals surface area contributed by atoms with Crippen LogP contribution in [0.5, 0.6) is 0 Å². The minimum absolute atomic E-state index is 0.966. The number of nitrogens with zero attached hydrogens (tertiary/aromatic N) is 3. The summed E-state index contributed by atoms with van der Waals surface area (Å²) in [5.74, 6) is 0. The molecular weight excluding hydrogens is 378 g/mol. The Hall–Kier alpha value is -3.72. The second kappa shape index (κ2) is 6.92. The predicted octanol–water partition coefficient (Wildman–Crippen LogP) is 6.98. The molecule has 3 aromatic carbocycles. The van der Waals surface area contributed by atoms with Crippen LogP contribution in [0.4, 0.5) is 0 Å². The standard InChI is InChI=1S/C28H23N3/c1-3-18-11-9-12-19(4-2)25(18)24-17-30-27-23-15-8-7-14-22(23)26-21-13-6-5-10-20(21)16-29-28(26)31(24)27/h5-17H,3-4H2,1-2H3. The highest BCUT2D eigenvalue weighted by molar-refractivity contribution is 6.21. The van der Waals surface area contributed by atoms with Gasteiger partial charge >= 0.3 is 0 Å². The number of benzene rings is 3. The molecule has 150 valence electrons. The van der Waals surface area contributed by atoms with Gasteiger partial charge in [-0.15, -0.1) is 0 Å². The molecule has 3 heterocycles. The minimum Gasteiger partial charge on any atom is -0.276 e. The topological polar surface area (TPSA) is 30.2 Å². The van der Waals surface area contributed by atoms with Gasteiger partial charge in [-0.1, -0.05) is 80.6 Å². The molecule has 0 fully saturated rings. The maximum Gasteiger partial charge on any atom is 0.147 e. The van der Waals surface area contributed by atoms with Crippen LogP contribution in [-0.2, 0) is 12.8 Å². The van der Waals surface area contributed by atoms with Crippen molar-refractivity contribution in [1.29, 1.82) is 0 Å². The van der Waals surface area contributed by atoms with E-state index in [1.54, 1.807) is 0 Å². The molecule has 0 aliphatic rings. The van der Waals surface area contributed by atoms with Gasteiger partial charge in [0.1, 0.15) is 11.3 Å². The van der Waals surface area contributed by atoms with Gasteiger partial charge in [-0.25, -0.2) is 9.97 Å². The van der Waals surface area contributed by atoms with Crippen LogP contribution in [-0.4, -0.2) is 14.4 Å². The fourth-order valence-electron chi connectivity index (χ4n) is 4.99. The lowest BCUT2D eigenvalue weighted by Crippen LogP contribution is -2.00. The van der Waals surface area contributed by atoms with Gasteiger partial charge < -0.3 is 0 Å². The number of hydrogen-bond acceptors (Lipinski definition) is 2. The van der Waals surface area contributed by atoms with Crippen molar-refractivity contribution in [2.75, 3.05) is 0 Å². The first-order valence-corrected chi connectivity index (χ1v) is 11.0. The fourth-order valence-corrected chi connectivity index (χ4v) is 4.99. The Morgan fingerprint density at radius 3 is 2.03 bits per heavy atom. The lowest BCUT2D eigenvalue weighted by molar-refractivity contribution is 1.08. The fraction of sp³-hybridized carbons (Fsp3) is 0.143. The van der Waals surface area contributed by atoms with Crippen molar-refractivity contribution in [3.8, 4) is 11.3 Å². The van der Waals surface area contributed by atoms with Crippen molar-refractivity contribution in [3.05, 3.63) is 90.3 Å². The molecule has 0 N–H and O–H groups in total. The van der Waals surface area contributed by atoms with Crippen molar-refractivity contribution in [1.82, 2.24) is 14.4 Å². The molecule has 31 heavy (non-hydrogen) atoms. The second-order valence-corrected chi connectivity index (χ2v) is 8.05. The molecule has 0 aliphatic carbocycles. The van der Waals surface area contributed by atoms with E-state index in [1.807, 2.05) is 12.4 Å². The van der Waals surface area contributed by atoms with Gasteiger partial charge in [-0.2, -0.15) is 0 Å². The minimum atomic E-state index is 0.966. The molecule has 0 amide bonds. The van der Waals surface area contributed by atoms with E-state index in [4.69, 9.17) is 9.97 Å². The largest absolute Gasteiger partial charge is 0.276 e. The maximum atomic E-state index is 4.98. The highest BCUT2D eigenvalue weighted by Gasteiger charge is 2.19. The summed E-state index contributed by atoms with van der Waals surface area (Å²) in [7, 11) is 0. The number of rotatable bonds is 3. The number of hydrogen-bond donors (Lipinski definition) is 0. The van der Waals surface area contributed by atoms with Crippen molar-refractivity contribution in [2.24, 2.45) is 0 Å². The third-order valence-corrected chi connectivity index (χ3v) is 6.45. The van der Waals surface area contributed by atoms with E-state index >= 15 is 0 Å². The molecule has 0 aliphatic heterocycles. The monoisotopic (exact) mass is 401 g/mol. The van der Waals surface area contributed by atoms with Gasteiger partial charge in [-0.05, 0) is 34.7 Å². The van der Waals surface area contributed by atoms with E-state index in [2.05, 4.69) is 85.0 Å². The summed E-state index contributed by atoms with van der Waals surface area (Å²) in [6.07, 6.45) is 5.99. The lowest BCUT2D eigenvalue weighted by Gasteiger charge is -2.15. The van der Waals surface area contributed by atoms with Crippen LogP contribution in [0, 0.1) is 0 Å². The second-order valence-electron chi connectivity index (χ2n) is 8.05. The van der Waals surface area contributed by atoms with Gasteiger partial charge in [-0.3, -0.25) is 4.40 Å². The molecule has 6 rings (SSSR count). The van der Waals surface area contributed by atoms with Crippen LogP contribution >= 0.6 is 0 Å². The van der Waals surface area contributed by atoms with Gasteiger partial charge in [0.2, 0.25) is 0 Å². The van der Waals surface area contributed by atoms with Crippen LogP contribution in [0.3, 0.4) is 0 Å². The molecule has 3 heteroatoms. The molecule has 0 saturated carbocycles. The quantitative estimate of drug-likeness (QED) is 0.299. The van der Waals surface area contributed by atoms with Crippen LogP contribution in [0.1, 0.15) is 25.0 Å². The number of aryl methyl sites for hydroxylation is 2. The summed E-state index contributed by atoms with van der Waals surface area (Å²) in [6.45, 7) is 4.45. The Kier molecular flexibility index (Phi) is 4.03. The normalized spacial score (nSPS) is 11.8. The van der Waals surface area contributed by atoms with E-state index in [1.165, 1.54) is 32.8 Å². The molecule has 0 spiro atoms. The molecule has 0 atom stereocenters. The Morgan fingerprint density at radius 1 is 0.645 bits per heavy atom. The SMILES string of the molecule is CCc1cccc(CC)c1-c1cnc2c3ccccc3c3c4ccccc4cnc3n12. The third-order valence-electron chi connectivity index (χ3n) is 6.45. The van der Waals surface area contributed by atoms with Crippen LogP contribution < -0.4 is 0 Å². The summed E-state index contributed by atoms with van der Waals surface area (Å²) < 4.78 is 2.28. The van der Waals surface area contributed by atoms with Crippen molar-refractivity contribution < 1.29 is 0 Å². The van der Waals surface area contributed by atoms with Crippen LogP contribution in [0.25, 0.3) is 49.5 Å². The van der Waals surface area contributed by atoms with E-state index in [0.717, 1.165) is 40.6 Å². The average Bonchev–Trinajstić information content (AvgIpc) is 3.28. The molecule has 0 unspecified atom stereocenters. The maximum absolute atomic E-state index is 4.98. The number of fused-ring (bicyclic) bond motifs is 8. The molecule has 0 bridgehead atoms. The van der Waals surface area contributed by atoms with Gasteiger partial charge in [0, 0.05) is 27.9 Å². The van der Waals surface area contributed by atoms with E-state index in [0.29, 0.717) is 0 Å². The lowest BCUT2D eigenvalue weighted by atomic mass is 9.95. The Balaban J connectivity index is 1.88. The number of imidazole rings is 1. The highest BCUT2D eigenvalue weighted by Crippen LogP contribution is 2.37. The number of aromatic nitrogens is 3. The predicted molar refractivity (Wildman–Crippen MR) is 130 cm³/mol. The average molecular weight is 402 g/mol. The first kappa shape index (κ1) is 18.1. The van der Waals surface area contributed by atoms with Gasteiger partial charge in [0.05, 0.1) is 11.9 Å². The molecular formula is C28H23N3. The molecule has 3 nitrogen and oxygen atoms in total.